The van der Waals surface area contributed by atoms with Gasteiger partial charge in [0, 0.05) is 17.4 Å². The van der Waals surface area contributed by atoms with Gasteiger partial charge in [-0.1, -0.05) is 24.3 Å². The van der Waals surface area contributed by atoms with Gasteiger partial charge in [-0.25, -0.2) is 18.4 Å². The Morgan fingerprint density at radius 1 is 1.09 bits per heavy atom. The van der Waals surface area contributed by atoms with Crippen molar-refractivity contribution in [2.45, 2.75) is 25.2 Å². The molecule has 0 aliphatic rings. The molecule has 0 bridgehead atoms. The quantitative estimate of drug-likeness (QED) is 0.480. The van der Waals surface area contributed by atoms with Crippen molar-refractivity contribution in [1.29, 1.82) is 0 Å². The molecular formula is C23H24N4O4S. The summed E-state index contributed by atoms with van der Waals surface area (Å²) in [6, 6.07) is 14.8. The van der Waals surface area contributed by atoms with E-state index in [0.717, 1.165) is 5.56 Å². The minimum Gasteiger partial charge on any atom is -0.483 e. The molecule has 0 fully saturated rings. The zero-order valence-corrected chi connectivity index (χ0v) is 18.6. The average Bonchev–Trinajstić information content (AvgIpc) is 2.72. The number of aromatic nitrogens is 2. The van der Waals surface area contributed by atoms with Gasteiger partial charge < -0.3 is 10.1 Å². The number of carbonyl (C=O) groups excluding carboxylic acids is 1. The molecule has 1 heterocycles. The number of hydrogen-bond acceptors (Lipinski definition) is 6. The summed E-state index contributed by atoms with van der Waals surface area (Å²) in [4.78, 5) is 20.5. The van der Waals surface area contributed by atoms with E-state index in [-0.39, 0.29) is 23.2 Å². The van der Waals surface area contributed by atoms with Crippen molar-refractivity contribution in [2.24, 2.45) is 0 Å². The molecule has 9 heteroatoms. The Balaban J connectivity index is 1.61. The van der Waals surface area contributed by atoms with E-state index in [1.165, 1.54) is 24.3 Å². The highest BCUT2D eigenvalue weighted by atomic mass is 32.2. The molecule has 3 aromatic rings. The monoisotopic (exact) mass is 452 g/mol. The van der Waals surface area contributed by atoms with Crippen LogP contribution in [0.15, 0.2) is 72.1 Å². The lowest BCUT2D eigenvalue weighted by molar-refractivity contribution is -0.118. The van der Waals surface area contributed by atoms with Gasteiger partial charge in [-0.05, 0) is 56.2 Å². The molecule has 2 N–H and O–H groups in total. The predicted octanol–water partition coefficient (Wildman–Crippen LogP) is 3.64. The first-order valence-electron chi connectivity index (χ1n) is 9.83. The second kappa shape index (κ2) is 10.1. The van der Waals surface area contributed by atoms with E-state index in [9.17, 15) is 13.2 Å². The van der Waals surface area contributed by atoms with Crippen molar-refractivity contribution in [3.05, 3.63) is 84.3 Å². The van der Waals surface area contributed by atoms with E-state index in [4.69, 9.17) is 4.74 Å². The van der Waals surface area contributed by atoms with Crippen LogP contribution in [0.4, 0.5) is 11.5 Å². The lowest BCUT2D eigenvalue weighted by Crippen LogP contribution is -2.20. The number of anilines is 2. The molecule has 0 aliphatic heterocycles. The first kappa shape index (κ1) is 23.0. The highest BCUT2D eigenvalue weighted by molar-refractivity contribution is 7.92. The van der Waals surface area contributed by atoms with Gasteiger partial charge in [0.25, 0.3) is 15.9 Å². The third kappa shape index (κ3) is 6.14. The molecule has 0 aliphatic carbocycles. The first-order valence-corrected chi connectivity index (χ1v) is 11.3. The fourth-order valence-corrected chi connectivity index (χ4v) is 3.98. The Kier molecular flexibility index (Phi) is 7.21. The predicted molar refractivity (Wildman–Crippen MR) is 123 cm³/mol. The normalized spacial score (nSPS) is 10.9. The standard InChI is InChI=1S/C23H24N4O4S/c1-4-7-18-8-5-6-9-21(18)31-15-23(28)26-19-10-12-20(13-11-19)32(29,30)27-22-14-16(2)24-17(3)25-22/h4-6,8-14H,1,7,15H2,2-3H3,(H,26,28)(H,24,25,27). The van der Waals surface area contributed by atoms with E-state index in [0.29, 0.717) is 29.4 Å². The van der Waals surface area contributed by atoms with E-state index < -0.39 is 10.0 Å². The van der Waals surface area contributed by atoms with Crippen LogP contribution in [0.5, 0.6) is 5.75 Å². The zero-order chi connectivity index (χ0) is 23.1. The summed E-state index contributed by atoms with van der Waals surface area (Å²) in [7, 11) is -3.83. The molecule has 8 nitrogen and oxygen atoms in total. The summed E-state index contributed by atoms with van der Waals surface area (Å²) in [5, 5.41) is 2.69. The van der Waals surface area contributed by atoms with Crippen LogP contribution in [-0.4, -0.2) is 30.9 Å². The molecule has 3 rings (SSSR count). The summed E-state index contributed by atoms with van der Waals surface area (Å²) in [5.41, 5.74) is 2.04. The first-order chi connectivity index (χ1) is 15.3. The molecule has 0 spiro atoms. The number of amides is 1. The van der Waals surface area contributed by atoms with E-state index >= 15 is 0 Å². The third-order valence-corrected chi connectivity index (χ3v) is 5.72. The molecule has 166 valence electrons. The number of carbonyl (C=O) groups is 1. The van der Waals surface area contributed by atoms with Crippen LogP contribution < -0.4 is 14.8 Å². The maximum absolute atomic E-state index is 12.6. The average molecular weight is 453 g/mol. The Bertz CT molecular complexity index is 1200. The van der Waals surface area contributed by atoms with Gasteiger partial charge >= 0.3 is 0 Å². The second-order valence-corrected chi connectivity index (χ2v) is 8.69. The van der Waals surface area contributed by atoms with Crippen LogP contribution in [-0.2, 0) is 21.2 Å². The molecule has 32 heavy (non-hydrogen) atoms. The van der Waals surface area contributed by atoms with Gasteiger partial charge in [0.1, 0.15) is 17.4 Å². The summed E-state index contributed by atoms with van der Waals surface area (Å²) in [6.45, 7) is 6.98. The van der Waals surface area contributed by atoms with Gasteiger partial charge in [-0.2, -0.15) is 0 Å². The lowest BCUT2D eigenvalue weighted by Gasteiger charge is -2.11. The fourth-order valence-electron chi connectivity index (χ4n) is 2.99. The second-order valence-electron chi connectivity index (χ2n) is 7.01. The number of sulfonamides is 1. The molecule has 0 saturated carbocycles. The molecule has 2 aromatic carbocycles. The number of allylic oxidation sites excluding steroid dienone is 1. The van der Waals surface area contributed by atoms with Crippen molar-refractivity contribution >= 4 is 27.4 Å². The highest BCUT2D eigenvalue weighted by Crippen LogP contribution is 2.20. The summed E-state index contributed by atoms with van der Waals surface area (Å²) >= 11 is 0. The molecule has 0 saturated heterocycles. The third-order valence-electron chi connectivity index (χ3n) is 4.35. The zero-order valence-electron chi connectivity index (χ0n) is 17.8. The molecule has 1 aromatic heterocycles. The fraction of sp³-hybridized carbons (Fsp3) is 0.174. The van der Waals surface area contributed by atoms with Crippen molar-refractivity contribution < 1.29 is 17.9 Å². The van der Waals surface area contributed by atoms with Crippen molar-refractivity contribution in [3.63, 3.8) is 0 Å². The van der Waals surface area contributed by atoms with Crippen molar-refractivity contribution in [1.82, 2.24) is 9.97 Å². The van der Waals surface area contributed by atoms with Crippen LogP contribution in [0.1, 0.15) is 17.1 Å². The van der Waals surface area contributed by atoms with E-state index in [1.54, 1.807) is 32.1 Å². The summed E-state index contributed by atoms with van der Waals surface area (Å²) in [6.07, 6.45) is 2.40. The maximum Gasteiger partial charge on any atom is 0.263 e. The summed E-state index contributed by atoms with van der Waals surface area (Å²) < 4.78 is 33.3. The molecule has 0 atom stereocenters. The molecule has 0 radical (unpaired) electrons. The maximum atomic E-state index is 12.6. The number of rotatable bonds is 9. The van der Waals surface area contributed by atoms with Gasteiger partial charge in [0.2, 0.25) is 0 Å². The minimum atomic E-state index is -3.83. The highest BCUT2D eigenvalue weighted by Gasteiger charge is 2.16. The number of benzene rings is 2. The smallest absolute Gasteiger partial charge is 0.263 e. The SMILES string of the molecule is C=CCc1ccccc1OCC(=O)Nc1ccc(S(=O)(=O)Nc2cc(C)nc(C)n2)cc1. The molecule has 0 unspecified atom stereocenters. The topological polar surface area (TPSA) is 110 Å². The van der Waals surface area contributed by atoms with Gasteiger partial charge in [-0.3, -0.25) is 9.52 Å². The van der Waals surface area contributed by atoms with Crippen molar-refractivity contribution in [2.75, 3.05) is 16.6 Å². The number of aryl methyl sites for hydroxylation is 2. The Labute approximate surface area is 187 Å². The number of ether oxygens (including phenoxy) is 1. The molecular weight excluding hydrogens is 428 g/mol. The number of nitrogens with zero attached hydrogens (tertiary/aromatic N) is 2. The van der Waals surface area contributed by atoms with E-state index in [2.05, 4.69) is 26.6 Å². The molecule has 1 amide bonds. The minimum absolute atomic E-state index is 0.0408. The Morgan fingerprint density at radius 2 is 1.81 bits per heavy atom. The lowest BCUT2D eigenvalue weighted by atomic mass is 10.1. The van der Waals surface area contributed by atoms with Crippen LogP contribution in [0, 0.1) is 13.8 Å². The van der Waals surface area contributed by atoms with E-state index in [1.807, 2.05) is 18.2 Å². The van der Waals surface area contributed by atoms with Crippen LogP contribution in [0.25, 0.3) is 0 Å². The Morgan fingerprint density at radius 3 is 2.50 bits per heavy atom. The van der Waals surface area contributed by atoms with Crippen LogP contribution in [0.2, 0.25) is 0 Å². The number of para-hydroxylation sites is 1. The largest absolute Gasteiger partial charge is 0.483 e. The Hall–Kier alpha value is -3.72. The van der Waals surface area contributed by atoms with Gasteiger partial charge in [0.05, 0.1) is 4.90 Å². The van der Waals surface area contributed by atoms with Crippen LogP contribution in [0.3, 0.4) is 0 Å². The number of nitrogens with one attached hydrogen (secondary N) is 2. The van der Waals surface area contributed by atoms with Crippen molar-refractivity contribution in [3.8, 4) is 5.75 Å². The summed E-state index contributed by atoms with van der Waals surface area (Å²) in [5.74, 6) is 0.917. The van der Waals surface area contributed by atoms with Crippen LogP contribution >= 0.6 is 0 Å². The van der Waals surface area contributed by atoms with Gasteiger partial charge in [0.15, 0.2) is 6.61 Å². The number of hydrogen-bond donors (Lipinski definition) is 2. The van der Waals surface area contributed by atoms with Gasteiger partial charge in [-0.15, -0.1) is 6.58 Å².